The van der Waals surface area contributed by atoms with Crippen molar-refractivity contribution in [2.24, 2.45) is 0 Å². The molecule has 0 saturated heterocycles. The number of nitrogens with zero attached hydrogens (tertiary/aromatic N) is 1. The van der Waals surface area contributed by atoms with Crippen LogP contribution in [0.25, 0.3) is 0 Å². The van der Waals surface area contributed by atoms with Crippen LogP contribution in [0.2, 0.25) is 0 Å². The summed E-state index contributed by atoms with van der Waals surface area (Å²) in [4.78, 5) is 2.42. The van der Waals surface area contributed by atoms with Gasteiger partial charge in [-0.3, -0.25) is 0 Å². The maximum Gasteiger partial charge on any atom is 0.0772 e. The Kier molecular flexibility index (Phi) is 4.32. The van der Waals surface area contributed by atoms with Crippen molar-refractivity contribution < 1.29 is 5.11 Å². The number of rotatable bonds is 2. The smallest absolute Gasteiger partial charge is 0.0772 e. The normalized spacial score (nSPS) is 16.2. The third-order valence-corrected chi connectivity index (χ3v) is 4.84. The highest BCUT2D eigenvalue weighted by molar-refractivity contribution is 9.10. The highest BCUT2D eigenvalue weighted by Crippen LogP contribution is 2.30. The molecule has 3 heteroatoms. The number of aliphatic hydroxyl groups excluding tert-OH is 1. The molecule has 0 aliphatic carbocycles. The van der Waals surface area contributed by atoms with Gasteiger partial charge in [0.1, 0.15) is 0 Å². The van der Waals surface area contributed by atoms with E-state index in [1.165, 1.54) is 23.2 Å². The molecular weight excluding hydrogens is 326 g/mol. The van der Waals surface area contributed by atoms with Crippen molar-refractivity contribution in [3.8, 4) is 0 Å². The first-order valence-electron chi connectivity index (χ1n) is 7.44. The van der Waals surface area contributed by atoms with Gasteiger partial charge in [0, 0.05) is 23.2 Å². The summed E-state index contributed by atoms with van der Waals surface area (Å²) in [5, 5.41) is 9.74. The minimum absolute atomic E-state index is 0.446. The van der Waals surface area contributed by atoms with E-state index >= 15 is 0 Å². The average molecular weight is 346 g/mol. The number of fused-ring (bicyclic) bond motifs is 1. The van der Waals surface area contributed by atoms with Gasteiger partial charge in [-0.1, -0.05) is 46.3 Å². The van der Waals surface area contributed by atoms with Gasteiger partial charge in [-0.05, 0) is 48.6 Å². The van der Waals surface area contributed by atoms with Crippen LogP contribution in [-0.4, -0.2) is 11.7 Å². The van der Waals surface area contributed by atoms with Gasteiger partial charge in [-0.15, -0.1) is 0 Å². The molecule has 2 nitrogen and oxygen atoms in total. The van der Waals surface area contributed by atoms with Crippen molar-refractivity contribution in [3.05, 3.63) is 63.6 Å². The molecule has 0 aromatic heterocycles. The zero-order valence-electron chi connectivity index (χ0n) is 12.2. The second kappa shape index (κ2) is 6.20. The lowest BCUT2D eigenvalue weighted by atomic mass is 10.0. The second-order valence-electron chi connectivity index (χ2n) is 5.68. The van der Waals surface area contributed by atoms with E-state index < -0.39 is 6.10 Å². The van der Waals surface area contributed by atoms with Gasteiger partial charge >= 0.3 is 0 Å². The van der Waals surface area contributed by atoms with Crippen molar-refractivity contribution in [2.45, 2.75) is 32.4 Å². The number of aryl methyl sites for hydroxylation is 1. The third kappa shape index (κ3) is 3.14. The molecule has 2 aromatic rings. The fraction of sp³-hybridized carbons (Fsp3) is 0.333. The molecule has 3 rings (SSSR count). The highest BCUT2D eigenvalue weighted by atomic mass is 79.9. The molecule has 0 radical (unpaired) electrons. The van der Waals surface area contributed by atoms with Gasteiger partial charge in [-0.25, -0.2) is 0 Å². The van der Waals surface area contributed by atoms with E-state index in [1.54, 1.807) is 6.92 Å². The number of hydrogen-bond acceptors (Lipinski definition) is 2. The van der Waals surface area contributed by atoms with Gasteiger partial charge in [0.05, 0.1) is 6.10 Å². The maximum atomic E-state index is 9.74. The van der Waals surface area contributed by atoms with Crippen LogP contribution in [0, 0.1) is 0 Å². The van der Waals surface area contributed by atoms with Crippen LogP contribution in [0.15, 0.2) is 46.9 Å². The van der Waals surface area contributed by atoms with E-state index in [1.807, 2.05) is 6.07 Å². The van der Waals surface area contributed by atoms with E-state index in [4.69, 9.17) is 0 Å². The number of halogens is 1. The molecule has 110 valence electrons. The second-order valence-corrected chi connectivity index (χ2v) is 6.53. The van der Waals surface area contributed by atoms with Gasteiger partial charge in [-0.2, -0.15) is 0 Å². The number of aliphatic hydroxyl groups is 1. The Morgan fingerprint density at radius 3 is 2.62 bits per heavy atom. The molecule has 0 amide bonds. The summed E-state index contributed by atoms with van der Waals surface area (Å²) in [6, 6.07) is 15.0. The molecular formula is C18H20BrNO. The number of anilines is 1. The van der Waals surface area contributed by atoms with Crippen molar-refractivity contribution in [2.75, 3.05) is 11.4 Å². The van der Waals surface area contributed by atoms with Crippen LogP contribution in [-0.2, 0) is 13.0 Å². The average Bonchev–Trinajstić information content (AvgIpc) is 2.68. The van der Waals surface area contributed by atoms with Crippen molar-refractivity contribution in [3.63, 3.8) is 0 Å². The Labute approximate surface area is 134 Å². The molecule has 1 N–H and O–H groups in total. The first-order chi connectivity index (χ1) is 10.1. The zero-order chi connectivity index (χ0) is 14.8. The molecule has 0 bridgehead atoms. The van der Waals surface area contributed by atoms with Crippen molar-refractivity contribution in [1.82, 2.24) is 0 Å². The Morgan fingerprint density at radius 1 is 1.14 bits per heavy atom. The lowest BCUT2D eigenvalue weighted by Crippen LogP contribution is -2.22. The van der Waals surface area contributed by atoms with E-state index in [0.29, 0.717) is 0 Å². The molecule has 0 saturated carbocycles. The molecule has 21 heavy (non-hydrogen) atoms. The summed E-state index contributed by atoms with van der Waals surface area (Å²) in [6.07, 6.45) is 1.88. The summed E-state index contributed by atoms with van der Waals surface area (Å²) in [6.45, 7) is 3.81. The van der Waals surface area contributed by atoms with Crippen LogP contribution in [0.4, 0.5) is 5.69 Å². The zero-order valence-corrected chi connectivity index (χ0v) is 13.8. The summed E-state index contributed by atoms with van der Waals surface area (Å²) in [5.41, 5.74) is 5.04. The van der Waals surface area contributed by atoms with Crippen molar-refractivity contribution >= 4 is 21.6 Å². The van der Waals surface area contributed by atoms with E-state index in [2.05, 4.69) is 57.2 Å². The third-order valence-electron chi connectivity index (χ3n) is 4.15. The fourth-order valence-electron chi connectivity index (χ4n) is 2.97. The lowest BCUT2D eigenvalue weighted by molar-refractivity contribution is 0.198. The van der Waals surface area contributed by atoms with Gasteiger partial charge in [0.15, 0.2) is 0 Å². The van der Waals surface area contributed by atoms with Crippen LogP contribution in [0.5, 0.6) is 0 Å². The summed E-state index contributed by atoms with van der Waals surface area (Å²) in [7, 11) is 0. The van der Waals surface area contributed by atoms with Gasteiger partial charge < -0.3 is 10.0 Å². The highest BCUT2D eigenvalue weighted by Gasteiger charge is 2.16. The van der Waals surface area contributed by atoms with E-state index in [0.717, 1.165) is 29.5 Å². The van der Waals surface area contributed by atoms with Gasteiger partial charge in [0.2, 0.25) is 0 Å². The molecule has 1 unspecified atom stereocenters. The number of benzene rings is 2. The molecule has 1 heterocycles. The molecule has 0 fully saturated rings. The Morgan fingerprint density at radius 2 is 1.90 bits per heavy atom. The molecule has 1 atom stereocenters. The SMILES string of the molecule is CC(O)c1ccc(N2CCCc3ccccc3C2)cc1Br. The topological polar surface area (TPSA) is 23.5 Å². The van der Waals surface area contributed by atoms with Crippen LogP contribution in [0.1, 0.15) is 36.1 Å². The minimum atomic E-state index is -0.446. The van der Waals surface area contributed by atoms with Crippen LogP contribution < -0.4 is 4.90 Å². The molecule has 0 spiro atoms. The van der Waals surface area contributed by atoms with Crippen LogP contribution >= 0.6 is 15.9 Å². The minimum Gasteiger partial charge on any atom is -0.389 e. The van der Waals surface area contributed by atoms with E-state index in [9.17, 15) is 5.11 Å². The fourth-order valence-corrected chi connectivity index (χ4v) is 3.67. The number of hydrogen-bond donors (Lipinski definition) is 1. The summed E-state index contributed by atoms with van der Waals surface area (Å²) < 4.78 is 0.979. The quantitative estimate of drug-likeness (QED) is 0.868. The first-order valence-corrected chi connectivity index (χ1v) is 8.23. The first kappa shape index (κ1) is 14.6. The van der Waals surface area contributed by atoms with Crippen LogP contribution in [0.3, 0.4) is 0 Å². The molecule has 1 aliphatic rings. The molecule has 1 aliphatic heterocycles. The standard InChI is InChI=1S/C18H20BrNO/c1-13(21)17-9-8-16(11-18(17)19)20-10-4-7-14-5-2-3-6-15(14)12-20/h2-3,5-6,8-9,11,13,21H,4,7,10,12H2,1H3. The lowest BCUT2D eigenvalue weighted by Gasteiger charge is -2.24. The monoisotopic (exact) mass is 345 g/mol. The molecule has 2 aromatic carbocycles. The van der Waals surface area contributed by atoms with Crippen molar-refractivity contribution in [1.29, 1.82) is 0 Å². The van der Waals surface area contributed by atoms with E-state index in [-0.39, 0.29) is 0 Å². The predicted octanol–water partition coefficient (Wildman–Crippen LogP) is 4.46. The Balaban J connectivity index is 1.89. The maximum absolute atomic E-state index is 9.74. The summed E-state index contributed by atoms with van der Waals surface area (Å²) in [5.74, 6) is 0. The summed E-state index contributed by atoms with van der Waals surface area (Å²) >= 11 is 3.58. The largest absolute Gasteiger partial charge is 0.389 e. The Hall–Kier alpha value is -1.32. The van der Waals surface area contributed by atoms with Gasteiger partial charge in [0.25, 0.3) is 0 Å². The Bertz CT molecular complexity index is 639. The predicted molar refractivity (Wildman–Crippen MR) is 90.6 cm³/mol.